The second kappa shape index (κ2) is 3.37. The number of hydrogen-bond acceptors (Lipinski definition) is 1. The highest BCUT2D eigenvalue weighted by Crippen LogP contribution is 2.80. The minimum atomic E-state index is 0.0329. The van der Waals surface area contributed by atoms with Crippen LogP contribution < -0.4 is 0 Å². The Morgan fingerprint density at radius 3 is 2.95 bits per heavy atom. The number of ketones is 1. The van der Waals surface area contributed by atoms with E-state index in [0.717, 1.165) is 30.6 Å². The Morgan fingerprint density at radius 1 is 1.20 bits per heavy atom. The smallest absolute Gasteiger partial charge is 0.139 e. The van der Waals surface area contributed by atoms with Gasteiger partial charge in [-0.3, -0.25) is 4.79 Å². The van der Waals surface area contributed by atoms with Crippen molar-refractivity contribution < 1.29 is 4.79 Å². The number of Topliss-reactive ketones (excluding diaryl/α,β-unsaturated/α-hetero) is 1. The van der Waals surface area contributed by atoms with E-state index in [4.69, 9.17) is 0 Å². The first-order valence-corrected chi connectivity index (χ1v) is 8.28. The second-order valence-electron chi connectivity index (χ2n) is 7.89. The van der Waals surface area contributed by atoms with Gasteiger partial charge in [0.1, 0.15) is 5.78 Å². The third kappa shape index (κ3) is 1.08. The molecule has 0 bridgehead atoms. The van der Waals surface area contributed by atoms with Crippen LogP contribution in [0.1, 0.15) is 56.1 Å². The number of carbonyl (C=O) groups excluding carboxylic acids is 1. The molecule has 0 aromatic heterocycles. The molecule has 104 valence electrons. The number of benzene rings is 1. The summed E-state index contributed by atoms with van der Waals surface area (Å²) in [6, 6.07) is 9.07. The van der Waals surface area contributed by atoms with Gasteiger partial charge in [-0.05, 0) is 66.4 Å². The molecule has 3 saturated carbocycles. The molecular formula is C19H22O. The lowest BCUT2D eigenvalue weighted by atomic mass is 9.52. The lowest BCUT2D eigenvalue weighted by molar-refractivity contribution is -0.132. The first kappa shape index (κ1) is 11.5. The quantitative estimate of drug-likeness (QED) is 0.690. The Labute approximate surface area is 120 Å². The summed E-state index contributed by atoms with van der Waals surface area (Å²) in [6.07, 6.45) is 7.16. The molecule has 0 heterocycles. The van der Waals surface area contributed by atoms with Gasteiger partial charge in [0.05, 0.1) is 0 Å². The Balaban J connectivity index is 1.63. The van der Waals surface area contributed by atoms with Gasteiger partial charge >= 0.3 is 0 Å². The number of aryl methyl sites for hydroxylation is 1. The standard InChI is InChI=1S/C19H22O/c1-18-9-8-15-14-5-3-2-4-12(14)6-7-16(15)19(18)11-13(19)10-17(18)20/h2-5,13,15-16H,6-11H2,1H3/t13-,15-,16-,18-,19+/m1/s1. The van der Waals surface area contributed by atoms with E-state index >= 15 is 0 Å². The van der Waals surface area contributed by atoms with Crippen LogP contribution in [0.25, 0.3) is 0 Å². The predicted octanol–water partition coefficient (Wildman–Crippen LogP) is 4.11. The van der Waals surface area contributed by atoms with Crippen molar-refractivity contribution in [2.24, 2.45) is 22.7 Å². The van der Waals surface area contributed by atoms with Gasteiger partial charge in [-0.25, -0.2) is 0 Å². The highest BCUT2D eigenvalue weighted by molar-refractivity contribution is 5.90. The molecule has 4 aliphatic rings. The molecular weight excluding hydrogens is 244 g/mol. The van der Waals surface area contributed by atoms with E-state index in [9.17, 15) is 4.79 Å². The molecule has 0 unspecified atom stereocenters. The monoisotopic (exact) mass is 266 g/mol. The maximum Gasteiger partial charge on any atom is 0.139 e. The average Bonchev–Trinajstić information content (AvgIpc) is 3.12. The van der Waals surface area contributed by atoms with E-state index in [2.05, 4.69) is 31.2 Å². The fourth-order valence-corrected chi connectivity index (χ4v) is 6.49. The maximum absolute atomic E-state index is 12.5. The summed E-state index contributed by atoms with van der Waals surface area (Å²) in [5.41, 5.74) is 3.63. The van der Waals surface area contributed by atoms with Gasteiger partial charge in [0, 0.05) is 11.8 Å². The summed E-state index contributed by atoms with van der Waals surface area (Å²) in [7, 11) is 0. The van der Waals surface area contributed by atoms with Crippen molar-refractivity contribution in [3.8, 4) is 0 Å². The van der Waals surface area contributed by atoms with Crippen LogP contribution in [0, 0.1) is 22.7 Å². The molecule has 20 heavy (non-hydrogen) atoms. The van der Waals surface area contributed by atoms with Crippen LogP contribution in [0.3, 0.4) is 0 Å². The summed E-state index contributed by atoms with van der Waals surface area (Å²) >= 11 is 0. The Bertz CT molecular complexity index is 618. The molecule has 1 aromatic rings. The molecule has 0 aliphatic heterocycles. The minimum absolute atomic E-state index is 0.0329. The Hall–Kier alpha value is -1.11. The molecule has 5 atom stereocenters. The number of fused-ring (bicyclic) bond motifs is 3. The lowest BCUT2D eigenvalue weighted by Gasteiger charge is -2.50. The molecule has 1 heteroatoms. The summed E-state index contributed by atoms with van der Waals surface area (Å²) in [5.74, 6) is 2.85. The van der Waals surface area contributed by atoms with Crippen molar-refractivity contribution in [3.05, 3.63) is 35.4 Å². The topological polar surface area (TPSA) is 17.1 Å². The van der Waals surface area contributed by atoms with Gasteiger partial charge in [0.25, 0.3) is 0 Å². The molecule has 1 nitrogen and oxygen atoms in total. The summed E-state index contributed by atoms with van der Waals surface area (Å²) in [4.78, 5) is 12.5. The van der Waals surface area contributed by atoms with E-state index < -0.39 is 0 Å². The third-order valence-corrected chi connectivity index (χ3v) is 7.51. The van der Waals surface area contributed by atoms with Crippen molar-refractivity contribution >= 4 is 5.78 Å². The zero-order valence-corrected chi connectivity index (χ0v) is 12.2. The first-order chi connectivity index (χ1) is 9.67. The van der Waals surface area contributed by atoms with Gasteiger partial charge < -0.3 is 0 Å². The van der Waals surface area contributed by atoms with Crippen molar-refractivity contribution in [1.29, 1.82) is 0 Å². The summed E-state index contributed by atoms with van der Waals surface area (Å²) in [5, 5.41) is 0. The second-order valence-corrected chi connectivity index (χ2v) is 7.89. The number of hydrogen-bond donors (Lipinski definition) is 0. The molecule has 0 N–H and O–H groups in total. The van der Waals surface area contributed by atoms with Gasteiger partial charge in [-0.15, -0.1) is 0 Å². The average molecular weight is 266 g/mol. The SMILES string of the molecule is C[C@]12CC[C@@H]3c4ccccc4CC[C@H]3[C@@]13C[C@H]3CC2=O. The Morgan fingerprint density at radius 2 is 2.05 bits per heavy atom. The summed E-state index contributed by atoms with van der Waals surface area (Å²) in [6.45, 7) is 2.30. The molecule has 0 radical (unpaired) electrons. The van der Waals surface area contributed by atoms with E-state index in [1.807, 2.05) is 0 Å². The highest BCUT2D eigenvalue weighted by Gasteiger charge is 2.76. The number of carbonyl (C=O) groups is 1. The molecule has 0 amide bonds. The predicted molar refractivity (Wildman–Crippen MR) is 78.5 cm³/mol. The van der Waals surface area contributed by atoms with E-state index in [-0.39, 0.29) is 5.41 Å². The van der Waals surface area contributed by atoms with Crippen molar-refractivity contribution in [1.82, 2.24) is 0 Å². The first-order valence-electron chi connectivity index (χ1n) is 8.28. The van der Waals surface area contributed by atoms with Crippen LogP contribution in [0.2, 0.25) is 0 Å². The molecule has 1 spiro atoms. The van der Waals surface area contributed by atoms with Crippen molar-refractivity contribution in [2.75, 3.05) is 0 Å². The van der Waals surface area contributed by atoms with Crippen molar-refractivity contribution in [3.63, 3.8) is 0 Å². The van der Waals surface area contributed by atoms with Gasteiger partial charge in [0.15, 0.2) is 0 Å². The van der Waals surface area contributed by atoms with Crippen LogP contribution in [-0.2, 0) is 11.2 Å². The van der Waals surface area contributed by atoms with Gasteiger partial charge in [-0.2, -0.15) is 0 Å². The van der Waals surface area contributed by atoms with Crippen LogP contribution in [0.5, 0.6) is 0 Å². The zero-order valence-electron chi connectivity index (χ0n) is 12.2. The van der Waals surface area contributed by atoms with E-state index in [0.29, 0.717) is 11.2 Å². The van der Waals surface area contributed by atoms with E-state index in [1.54, 1.807) is 11.1 Å². The largest absolute Gasteiger partial charge is 0.299 e. The lowest BCUT2D eigenvalue weighted by Crippen LogP contribution is -2.46. The fraction of sp³-hybridized carbons (Fsp3) is 0.632. The Kier molecular flexibility index (Phi) is 1.95. The molecule has 4 aliphatic carbocycles. The zero-order chi connectivity index (χ0) is 13.5. The fourth-order valence-electron chi connectivity index (χ4n) is 6.49. The minimum Gasteiger partial charge on any atom is -0.299 e. The number of rotatable bonds is 0. The van der Waals surface area contributed by atoms with Crippen LogP contribution >= 0.6 is 0 Å². The van der Waals surface area contributed by atoms with Crippen LogP contribution in [0.4, 0.5) is 0 Å². The van der Waals surface area contributed by atoms with E-state index in [1.165, 1.54) is 25.7 Å². The van der Waals surface area contributed by atoms with Crippen molar-refractivity contribution in [2.45, 2.75) is 51.4 Å². The summed E-state index contributed by atoms with van der Waals surface area (Å²) < 4.78 is 0. The highest BCUT2D eigenvalue weighted by atomic mass is 16.1. The molecule has 5 rings (SSSR count). The van der Waals surface area contributed by atoms with Gasteiger partial charge in [0.2, 0.25) is 0 Å². The van der Waals surface area contributed by atoms with Crippen LogP contribution in [-0.4, -0.2) is 5.78 Å². The maximum atomic E-state index is 12.5. The normalized spacial score (nSPS) is 48.0. The molecule has 0 saturated heterocycles. The third-order valence-electron chi connectivity index (χ3n) is 7.51. The molecule has 1 aromatic carbocycles. The molecule has 3 fully saturated rings. The van der Waals surface area contributed by atoms with Crippen LogP contribution in [0.15, 0.2) is 24.3 Å². The van der Waals surface area contributed by atoms with Gasteiger partial charge in [-0.1, -0.05) is 31.2 Å².